The first-order valence-corrected chi connectivity index (χ1v) is 6.74. The molecule has 0 N–H and O–H groups in total. The number of rotatable bonds is 1. The summed E-state index contributed by atoms with van der Waals surface area (Å²) in [7, 11) is 0. The zero-order chi connectivity index (χ0) is 13.5. The molecule has 3 rings (SSSR count). The Bertz CT molecular complexity index is 501. The Morgan fingerprint density at radius 2 is 2.26 bits per heavy atom. The average molecular weight is 263 g/mol. The number of hydrogen-bond acceptors (Lipinski definition) is 2. The second-order valence-corrected chi connectivity index (χ2v) is 5.62. The zero-order valence-corrected chi connectivity index (χ0v) is 11.1. The van der Waals surface area contributed by atoms with Crippen LogP contribution in [0.1, 0.15) is 30.6 Å². The van der Waals surface area contributed by atoms with Gasteiger partial charge in [-0.15, -0.1) is 0 Å². The number of alkyl halides is 1. The number of carbonyl (C=O) groups is 1. The largest absolute Gasteiger partial charge is 0.363 e. The van der Waals surface area contributed by atoms with Crippen molar-refractivity contribution >= 4 is 5.91 Å². The number of carbonyl (C=O) groups excluding carboxylic acids is 1. The van der Waals surface area contributed by atoms with E-state index in [1.807, 2.05) is 24.3 Å². The van der Waals surface area contributed by atoms with Crippen LogP contribution in [0.25, 0.3) is 0 Å². The Morgan fingerprint density at radius 3 is 3.00 bits per heavy atom. The van der Waals surface area contributed by atoms with Gasteiger partial charge in [0.1, 0.15) is 5.67 Å². The second-order valence-electron chi connectivity index (χ2n) is 5.62. The van der Waals surface area contributed by atoms with Gasteiger partial charge in [0.05, 0.1) is 13.2 Å². The van der Waals surface area contributed by atoms with Gasteiger partial charge in [0.25, 0.3) is 5.91 Å². The molecule has 2 aliphatic heterocycles. The molecule has 1 amide bonds. The molecule has 0 aromatic heterocycles. The number of halogens is 1. The highest BCUT2D eigenvalue weighted by molar-refractivity contribution is 5.83. The van der Waals surface area contributed by atoms with E-state index in [9.17, 15) is 9.18 Å². The van der Waals surface area contributed by atoms with Crippen molar-refractivity contribution in [1.82, 2.24) is 4.90 Å². The summed E-state index contributed by atoms with van der Waals surface area (Å²) in [6.07, 6.45) is 0.687. The number of nitrogens with zero attached hydrogens (tertiary/aromatic N) is 1. The Labute approximate surface area is 112 Å². The lowest BCUT2D eigenvalue weighted by atomic mass is 9.97. The maximum Gasteiger partial charge on any atom is 0.256 e. The number of amides is 1. The summed E-state index contributed by atoms with van der Waals surface area (Å²) in [4.78, 5) is 14.1. The second kappa shape index (κ2) is 4.60. The van der Waals surface area contributed by atoms with Crippen LogP contribution in [0, 0.1) is 0 Å². The molecule has 0 radical (unpaired) electrons. The Balaban J connectivity index is 1.82. The number of hydrogen-bond donors (Lipinski definition) is 0. The molecule has 2 aliphatic rings. The minimum atomic E-state index is -1.26. The van der Waals surface area contributed by atoms with E-state index in [0.29, 0.717) is 19.6 Å². The van der Waals surface area contributed by atoms with E-state index in [2.05, 4.69) is 0 Å². The first kappa shape index (κ1) is 12.6. The van der Waals surface area contributed by atoms with Gasteiger partial charge in [0.15, 0.2) is 6.10 Å². The summed E-state index contributed by atoms with van der Waals surface area (Å²) >= 11 is 0. The number of benzene rings is 1. The summed E-state index contributed by atoms with van der Waals surface area (Å²) in [5.74, 6) is -0.103. The zero-order valence-electron chi connectivity index (χ0n) is 11.1. The van der Waals surface area contributed by atoms with Crippen LogP contribution < -0.4 is 0 Å². The summed E-state index contributed by atoms with van der Waals surface area (Å²) in [5.41, 5.74) is 0.838. The van der Waals surface area contributed by atoms with Gasteiger partial charge in [-0.1, -0.05) is 24.3 Å². The topological polar surface area (TPSA) is 29.5 Å². The third kappa shape index (κ3) is 2.37. The van der Waals surface area contributed by atoms with Crippen LogP contribution in [0.3, 0.4) is 0 Å². The minimum absolute atomic E-state index is 0.103. The van der Waals surface area contributed by atoms with E-state index in [1.54, 1.807) is 11.8 Å². The van der Waals surface area contributed by atoms with E-state index in [-0.39, 0.29) is 12.5 Å². The lowest BCUT2D eigenvalue weighted by Gasteiger charge is -2.29. The molecule has 1 fully saturated rings. The van der Waals surface area contributed by atoms with Crippen LogP contribution in [0.2, 0.25) is 0 Å². The molecule has 19 heavy (non-hydrogen) atoms. The van der Waals surface area contributed by atoms with E-state index in [1.165, 1.54) is 0 Å². The number of likely N-dealkylation sites (tertiary alicyclic amines) is 1. The van der Waals surface area contributed by atoms with E-state index >= 15 is 0 Å². The third-order valence-corrected chi connectivity index (χ3v) is 3.95. The van der Waals surface area contributed by atoms with Gasteiger partial charge < -0.3 is 9.64 Å². The normalized spacial score (nSPS) is 30.2. The van der Waals surface area contributed by atoms with Gasteiger partial charge in [-0.25, -0.2) is 4.39 Å². The predicted octanol–water partition coefficient (Wildman–Crippen LogP) is 2.26. The quantitative estimate of drug-likeness (QED) is 0.778. The summed E-state index contributed by atoms with van der Waals surface area (Å²) in [6.45, 7) is 2.76. The van der Waals surface area contributed by atoms with E-state index in [4.69, 9.17) is 4.74 Å². The smallest absolute Gasteiger partial charge is 0.256 e. The van der Waals surface area contributed by atoms with Gasteiger partial charge >= 0.3 is 0 Å². The fourth-order valence-corrected chi connectivity index (χ4v) is 2.88. The molecular formula is C15H18FNO2. The van der Waals surface area contributed by atoms with Crippen molar-refractivity contribution in [2.24, 2.45) is 0 Å². The summed E-state index contributed by atoms with van der Waals surface area (Å²) in [5, 5.41) is 0. The SMILES string of the molecule is CC1(F)CCN(C(=O)C2OCCc3ccccc32)C1. The molecule has 0 spiro atoms. The van der Waals surface area contributed by atoms with Crippen LogP contribution in [-0.4, -0.2) is 36.2 Å². The first-order valence-electron chi connectivity index (χ1n) is 6.74. The van der Waals surface area contributed by atoms with Crippen molar-refractivity contribution in [2.45, 2.75) is 31.5 Å². The van der Waals surface area contributed by atoms with Crippen molar-refractivity contribution in [3.05, 3.63) is 35.4 Å². The van der Waals surface area contributed by atoms with Crippen molar-refractivity contribution in [1.29, 1.82) is 0 Å². The van der Waals surface area contributed by atoms with Gasteiger partial charge in [0, 0.05) is 13.0 Å². The highest BCUT2D eigenvalue weighted by atomic mass is 19.1. The van der Waals surface area contributed by atoms with Crippen LogP contribution >= 0.6 is 0 Å². The van der Waals surface area contributed by atoms with Crippen molar-refractivity contribution < 1.29 is 13.9 Å². The summed E-state index contributed by atoms with van der Waals surface area (Å²) < 4.78 is 19.5. The molecule has 2 heterocycles. The predicted molar refractivity (Wildman–Crippen MR) is 69.5 cm³/mol. The third-order valence-electron chi connectivity index (χ3n) is 3.95. The maximum absolute atomic E-state index is 13.8. The van der Waals surface area contributed by atoms with Gasteiger partial charge in [-0.3, -0.25) is 4.79 Å². The number of fused-ring (bicyclic) bond motifs is 1. The fraction of sp³-hybridized carbons (Fsp3) is 0.533. The lowest BCUT2D eigenvalue weighted by Crippen LogP contribution is -2.38. The van der Waals surface area contributed by atoms with Crippen LogP contribution in [0.15, 0.2) is 24.3 Å². The lowest BCUT2D eigenvalue weighted by molar-refractivity contribution is -0.144. The van der Waals surface area contributed by atoms with Crippen LogP contribution in [0.4, 0.5) is 4.39 Å². The van der Waals surface area contributed by atoms with Crippen molar-refractivity contribution in [3.63, 3.8) is 0 Å². The van der Waals surface area contributed by atoms with Gasteiger partial charge in [-0.2, -0.15) is 0 Å². The molecule has 1 saturated heterocycles. The number of ether oxygens (including phenoxy) is 1. The van der Waals surface area contributed by atoms with Gasteiger partial charge in [0.2, 0.25) is 0 Å². The Kier molecular flexibility index (Phi) is 3.05. The van der Waals surface area contributed by atoms with E-state index < -0.39 is 11.8 Å². The molecule has 0 bridgehead atoms. The average Bonchev–Trinajstić information content (AvgIpc) is 2.78. The van der Waals surface area contributed by atoms with Gasteiger partial charge in [-0.05, 0) is 24.5 Å². The highest BCUT2D eigenvalue weighted by Gasteiger charge is 2.39. The molecule has 1 aromatic carbocycles. The first-order chi connectivity index (χ1) is 9.07. The molecule has 2 atom stereocenters. The minimum Gasteiger partial charge on any atom is -0.363 e. The molecule has 102 valence electrons. The molecule has 3 nitrogen and oxygen atoms in total. The molecule has 1 aromatic rings. The molecule has 0 saturated carbocycles. The Hall–Kier alpha value is -1.42. The standard InChI is InChI=1S/C15H18FNO2/c1-15(16)7-8-17(10-15)14(18)13-12-5-3-2-4-11(12)6-9-19-13/h2-5,13H,6-10H2,1H3. The van der Waals surface area contributed by atoms with Crippen molar-refractivity contribution in [3.8, 4) is 0 Å². The molecule has 0 aliphatic carbocycles. The molecule has 2 unspecified atom stereocenters. The molecule has 4 heteroatoms. The summed E-state index contributed by atoms with van der Waals surface area (Å²) in [6, 6.07) is 7.85. The van der Waals surface area contributed by atoms with Crippen molar-refractivity contribution in [2.75, 3.05) is 19.7 Å². The Morgan fingerprint density at radius 1 is 1.47 bits per heavy atom. The highest BCUT2D eigenvalue weighted by Crippen LogP contribution is 2.32. The van der Waals surface area contributed by atoms with Crippen LogP contribution in [0.5, 0.6) is 0 Å². The van der Waals surface area contributed by atoms with Crippen LogP contribution in [-0.2, 0) is 16.0 Å². The molecular weight excluding hydrogens is 245 g/mol. The van der Waals surface area contributed by atoms with E-state index in [0.717, 1.165) is 17.5 Å². The maximum atomic E-state index is 13.8. The monoisotopic (exact) mass is 263 g/mol. The fourth-order valence-electron chi connectivity index (χ4n) is 2.88.